The van der Waals surface area contributed by atoms with Gasteiger partial charge in [0.25, 0.3) is 0 Å². The highest BCUT2D eigenvalue weighted by atomic mass is 32.2. The number of anilines is 1. The van der Waals surface area contributed by atoms with E-state index in [9.17, 15) is 18.3 Å². The maximum absolute atomic E-state index is 13.5. The van der Waals surface area contributed by atoms with E-state index < -0.39 is 15.6 Å². The van der Waals surface area contributed by atoms with Crippen LogP contribution in [0.15, 0.2) is 24.3 Å². The van der Waals surface area contributed by atoms with Gasteiger partial charge in [0, 0.05) is 50.0 Å². The zero-order chi connectivity index (χ0) is 27.6. The summed E-state index contributed by atoms with van der Waals surface area (Å²) in [5.41, 5.74) is 0.622. The minimum absolute atomic E-state index is 0.129. The second kappa shape index (κ2) is 10.1. The van der Waals surface area contributed by atoms with E-state index in [1.165, 1.54) is 10.6 Å². The van der Waals surface area contributed by atoms with E-state index in [0.29, 0.717) is 68.5 Å². The van der Waals surface area contributed by atoms with Gasteiger partial charge >= 0.3 is 6.03 Å². The van der Waals surface area contributed by atoms with Crippen molar-refractivity contribution in [1.29, 1.82) is 0 Å². The number of fused-ring (bicyclic) bond motifs is 2. The molecule has 8 atom stereocenters. The van der Waals surface area contributed by atoms with Crippen LogP contribution in [0.2, 0.25) is 0 Å². The van der Waals surface area contributed by atoms with Gasteiger partial charge in [-0.25, -0.2) is 13.2 Å². The third-order valence-electron chi connectivity index (χ3n) is 11.0. The number of rotatable bonds is 6. The first-order valence-electron chi connectivity index (χ1n) is 15.4. The minimum atomic E-state index is -3.13. The highest BCUT2D eigenvalue weighted by Gasteiger charge is 2.55. The Kier molecular flexibility index (Phi) is 6.74. The summed E-state index contributed by atoms with van der Waals surface area (Å²) in [4.78, 5) is 17.9. The first-order chi connectivity index (χ1) is 19.1. The third kappa shape index (κ3) is 5.09. The smallest absolute Gasteiger partial charge is 0.318 e. The second-order valence-electron chi connectivity index (χ2n) is 13.8. The number of amides is 2. The number of carbonyl (C=O) groups is 1. The van der Waals surface area contributed by atoms with Crippen molar-refractivity contribution in [3.63, 3.8) is 0 Å². The molecule has 3 saturated heterocycles. The molecule has 220 valence electrons. The molecule has 4 saturated carbocycles. The van der Waals surface area contributed by atoms with Gasteiger partial charge in [-0.1, -0.05) is 0 Å². The molecule has 7 fully saturated rings. The Balaban J connectivity index is 0.897. The summed E-state index contributed by atoms with van der Waals surface area (Å²) < 4.78 is 31.3. The van der Waals surface area contributed by atoms with Crippen LogP contribution in [-0.4, -0.2) is 91.5 Å². The van der Waals surface area contributed by atoms with Crippen molar-refractivity contribution < 1.29 is 23.1 Å². The standard InChI is InChI=1S/C30H44N4O5S/c1-40(37,38)33-10-8-32(9-11-33)24-4-6-27(7-5-24)39-19-21-14-25-2-3-26(15-21)34(25)29(35)31-28-22-12-20-13-23(28)18-30(36,16-20)17-22/h4-7,20-23,25-26,28,36H,2-3,8-19H2,1H3,(H,31,35)/t20?,21?,22-,23+,25-,26+,28?,30?. The molecule has 3 heterocycles. The summed E-state index contributed by atoms with van der Waals surface area (Å²) in [6.45, 7) is 3.07. The number of piperazine rings is 1. The number of hydrogen-bond acceptors (Lipinski definition) is 6. The number of urea groups is 1. The van der Waals surface area contributed by atoms with Gasteiger partial charge in [0.05, 0.1) is 18.5 Å². The number of piperidine rings is 1. The van der Waals surface area contributed by atoms with E-state index in [1.807, 2.05) is 12.1 Å². The molecule has 1 aromatic rings. The van der Waals surface area contributed by atoms with Crippen LogP contribution in [0.25, 0.3) is 0 Å². The predicted octanol–water partition coefficient (Wildman–Crippen LogP) is 3.04. The van der Waals surface area contributed by atoms with Gasteiger partial charge in [-0.3, -0.25) is 0 Å². The van der Waals surface area contributed by atoms with E-state index >= 15 is 0 Å². The van der Waals surface area contributed by atoms with Gasteiger partial charge in [0.2, 0.25) is 10.0 Å². The quantitative estimate of drug-likeness (QED) is 0.544. The van der Waals surface area contributed by atoms with Crippen LogP contribution in [0.1, 0.15) is 57.8 Å². The summed E-state index contributed by atoms with van der Waals surface area (Å²) >= 11 is 0. The summed E-state index contributed by atoms with van der Waals surface area (Å²) in [6, 6.07) is 9.09. The fourth-order valence-electron chi connectivity index (χ4n) is 9.44. The van der Waals surface area contributed by atoms with Crippen molar-refractivity contribution in [2.24, 2.45) is 23.7 Å². The van der Waals surface area contributed by atoms with Gasteiger partial charge in [0.1, 0.15) is 5.75 Å². The molecule has 3 aliphatic heterocycles. The molecular formula is C30H44N4O5S. The number of carbonyl (C=O) groups excluding carboxylic acids is 1. The largest absolute Gasteiger partial charge is 0.493 e. The third-order valence-corrected chi connectivity index (χ3v) is 12.3. The lowest BCUT2D eigenvalue weighted by atomic mass is 9.52. The molecular weight excluding hydrogens is 528 g/mol. The Morgan fingerprint density at radius 1 is 0.975 bits per heavy atom. The molecule has 0 spiro atoms. The van der Waals surface area contributed by atoms with Gasteiger partial charge in [0.15, 0.2) is 0 Å². The average Bonchev–Trinajstić information content (AvgIpc) is 3.18. The molecule has 40 heavy (non-hydrogen) atoms. The van der Waals surface area contributed by atoms with E-state index in [4.69, 9.17) is 4.74 Å². The van der Waals surface area contributed by atoms with Crippen LogP contribution in [-0.2, 0) is 10.0 Å². The van der Waals surface area contributed by atoms with Gasteiger partial charge < -0.3 is 25.0 Å². The summed E-state index contributed by atoms with van der Waals surface area (Å²) in [7, 11) is -3.13. The molecule has 10 heteroatoms. The Morgan fingerprint density at radius 3 is 2.17 bits per heavy atom. The van der Waals surface area contributed by atoms with E-state index in [0.717, 1.165) is 69.2 Å². The van der Waals surface area contributed by atoms with Crippen LogP contribution in [0.5, 0.6) is 5.75 Å². The summed E-state index contributed by atoms with van der Waals surface area (Å²) in [5.74, 6) is 2.83. The number of nitrogens with zero attached hydrogens (tertiary/aromatic N) is 3. The normalized spacial score (nSPS) is 39.0. The topological polar surface area (TPSA) is 102 Å². The fraction of sp³-hybridized carbons (Fsp3) is 0.767. The van der Waals surface area contributed by atoms with Crippen molar-refractivity contribution in [1.82, 2.24) is 14.5 Å². The second-order valence-corrected chi connectivity index (χ2v) is 15.7. The highest BCUT2D eigenvalue weighted by molar-refractivity contribution is 7.88. The Labute approximate surface area is 238 Å². The van der Waals surface area contributed by atoms with Crippen LogP contribution in [0, 0.1) is 23.7 Å². The lowest BCUT2D eigenvalue weighted by Gasteiger charge is -2.58. The van der Waals surface area contributed by atoms with E-state index in [-0.39, 0.29) is 12.1 Å². The number of nitrogens with one attached hydrogen (secondary N) is 1. The lowest BCUT2D eigenvalue weighted by Crippen LogP contribution is -2.63. The maximum atomic E-state index is 13.5. The molecule has 2 amide bonds. The number of benzene rings is 1. The zero-order valence-electron chi connectivity index (χ0n) is 23.6. The molecule has 2 N–H and O–H groups in total. The first-order valence-corrected chi connectivity index (χ1v) is 17.2. The van der Waals surface area contributed by atoms with Crippen molar-refractivity contribution in [2.45, 2.75) is 81.5 Å². The number of hydrogen-bond donors (Lipinski definition) is 2. The summed E-state index contributed by atoms with van der Waals surface area (Å²) in [5, 5.41) is 14.4. The molecule has 8 rings (SSSR count). The van der Waals surface area contributed by atoms with E-state index in [2.05, 4.69) is 27.2 Å². The SMILES string of the molecule is CS(=O)(=O)N1CCN(c2ccc(OCC3C[C@H]4CC[C@@H](C3)N4C(=O)NC3[C@@H]4CC5C[C@H]3CC(O)(C5)C4)cc2)CC1. The van der Waals surface area contributed by atoms with Crippen molar-refractivity contribution in [3.05, 3.63) is 24.3 Å². The Hall–Kier alpha value is -2.04. The number of ether oxygens (including phenoxy) is 1. The van der Waals surface area contributed by atoms with E-state index in [1.54, 1.807) is 0 Å². The first kappa shape index (κ1) is 26.8. The van der Waals surface area contributed by atoms with Gasteiger partial charge in [-0.05, 0) is 106 Å². The van der Waals surface area contributed by atoms with Crippen LogP contribution < -0.4 is 15.0 Å². The molecule has 0 aromatic heterocycles. The predicted molar refractivity (Wildman–Crippen MR) is 153 cm³/mol. The maximum Gasteiger partial charge on any atom is 0.318 e. The monoisotopic (exact) mass is 572 g/mol. The number of sulfonamides is 1. The molecule has 9 nitrogen and oxygen atoms in total. The van der Waals surface area contributed by atoms with Gasteiger partial charge in [-0.2, -0.15) is 4.31 Å². The van der Waals surface area contributed by atoms with Crippen molar-refractivity contribution in [3.8, 4) is 5.75 Å². The summed E-state index contributed by atoms with van der Waals surface area (Å²) in [6.07, 6.45) is 10.4. The molecule has 4 aliphatic carbocycles. The van der Waals surface area contributed by atoms with Crippen LogP contribution in [0.3, 0.4) is 0 Å². The van der Waals surface area contributed by atoms with Crippen LogP contribution >= 0.6 is 0 Å². The average molecular weight is 573 g/mol. The molecule has 4 unspecified atom stereocenters. The lowest BCUT2D eigenvalue weighted by molar-refractivity contribution is -0.137. The van der Waals surface area contributed by atoms with Crippen molar-refractivity contribution in [2.75, 3.05) is 43.9 Å². The minimum Gasteiger partial charge on any atom is -0.493 e. The van der Waals surface area contributed by atoms with Crippen molar-refractivity contribution >= 4 is 21.7 Å². The van der Waals surface area contributed by atoms with Gasteiger partial charge in [-0.15, -0.1) is 0 Å². The highest BCUT2D eigenvalue weighted by Crippen LogP contribution is 2.55. The van der Waals surface area contributed by atoms with Crippen LogP contribution in [0.4, 0.5) is 10.5 Å². The fourth-order valence-corrected chi connectivity index (χ4v) is 10.3. The zero-order valence-corrected chi connectivity index (χ0v) is 24.4. The molecule has 1 aromatic carbocycles. The molecule has 6 bridgehead atoms. The molecule has 0 radical (unpaired) electrons. The number of aliphatic hydroxyl groups is 1. The Bertz CT molecular complexity index is 1190. The Morgan fingerprint density at radius 2 is 1.60 bits per heavy atom. The molecule has 7 aliphatic rings.